The lowest BCUT2D eigenvalue weighted by Gasteiger charge is -2.41. The first-order valence-corrected chi connectivity index (χ1v) is 14.0. The van der Waals surface area contributed by atoms with Crippen molar-refractivity contribution in [1.29, 1.82) is 0 Å². The van der Waals surface area contributed by atoms with Crippen molar-refractivity contribution in [2.45, 2.75) is 84.2 Å². The SMILES string of the molecule is CCCCc1ncc(CN2CCC3(CCCCc4ccccc4OCCNC(=O)[C@H](C)NC3=O)CC2)[nH]1. The Balaban J connectivity index is 1.41. The number of carbonyl (C=O) groups is 2. The molecule has 0 aliphatic carbocycles. The predicted octanol–water partition coefficient (Wildman–Crippen LogP) is 3.76. The molecule has 3 N–H and O–H groups in total. The molecule has 8 nitrogen and oxygen atoms in total. The molecule has 2 amide bonds. The summed E-state index contributed by atoms with van der Waals surface area (Å²) in [5, 5.41) is 5.94. The molecule has 0 bridgehead atoms. The number of hydrogen-bond donors (Lipinski definition) is 3. The van der Waals surface area contributed by atoms with Crippen molar-refractivity contribution >= 4 is 11.8 Å². The van der Waals surface area contributed by atoms with Crippen LogP contribution < -0.4 is 15.4 Å². The summed E-state index contributed by atoms with van der Waals surface area (Å²) in [6.07, 6.45) is 10.5. The second-order valence-corrected chi connectivity index (χ2v) is 10.7. The van der Waals surface area contributed by atoms with E-state index in [2.05, 4.69) is 38.5 Å². The number of fused-ring (bicyclic) bond motifs is 1. The van der Waals surface area contributed by atoms with Crippen LogP contribution in [0.3, 0.4) is 0 Å². The Morgan fingerprint density at radius 1 is 1.14 bits per heavy atom. The quantitative estimate of drug-likeness (QED) is 0.570. The largest absolute Gasteiger partial charge is 0.491 e. The number of carbonyl (C=O) groups excluding carboxylic acids is 2. The number of piperidine rings is 1. The van der Waals surface area contributed by atoms with Crippen molar-refractivity contribution in [3.63, 3.8) is 0 Å². The zero-order chi connectivity index (χ0) is 26.1. The Morgan fingerprint density at radius 2 is 1.95 bits per heavy atom. The monoisotopic (exact) mass is 509 g/mol. The first-order chi connectivity index (χ1) is 18.0. The van der Waals surface area contributed by atoms with Crippen LogP contribution in [-0.4, -0.2) is 59.0 Å². The smallest absolute Gasteiger partial charge is 0.242 e. The lowest BCUT2D eigenvalue weighted by Crippen LogP contribution is -2.53. The second-order valence-electron chi connectivity index (χ2n) is 10.7. The summed E-state index contributed by atoms with van der Waals surface area (Å²) in [7, 11) is 0. The van der Waals surface area contributed by atoms with Crippen LogP contribution >= 0.6 is 0 Å². The molecule has 8 heteroatoms. The van der Waals surface area contributed by atoms with Crippen molar-refractivity contribution in [2.24, 2.45) is 5.41 Å². The van der Waals surface area contributed by atoms with Crippen LogP contribution in [0.4, 0.5) is 0 Å². The highest BCUT2D eigenvalue weighted by atomic mass is 16.5. The molecule has 2 aliphatic heterocycles. The van der Waals surface area contributed by atoms with E-state index in [9.17, 15) is 9.59 Å². The molecule has 2 aliphatic rings. The fraction of sp³-hybridized carbons (Fsp3) is 0.621. The number of ether oxygens (including phenoxy) is 1. The third kappa shape index (κ3) is 7.34. The number of imidazole rings is 1. The summed E-state index contributed by atoms with van der Waals surface area (Å²) < 4.78 is 5.94. The maximum Gasteiger partial charge on any atom is 0.242 e. The van der Waals surface area contributed by atoms with Gasteiger partial charge in [0.1, 0.15) is 24.2 Å². The average Bonchev–Trinajstić information content (AvgIpc) is 3.36. The number of aryl methyl sites for hydroxylation is 2. The van der Waals surface area contributed by atoms with Gasteiger partial charge >= 0.3 is 0 Å². The van der Waals surface area contributed by atoms with Gasteiger partial charge in [0.2, 0.25) is 11.8 Å². The number of aromatic nitrogens is 2. The molecule has 1 aromatic carbocycles. The van der Waals surface area contributed by atoms with Gasteiger partial charge in [-0.1, -0.05) is 38.0 Å². The zero-order valence-corrected chi connectivity index (χ0v) is 22.5. The number of rotatable bonds is 5. The van der Waals surface area contributed by atoms with Gasteiger partial charge in [-0.05, 0) is 70.2 Å². The van der Waals surface area contributed by atoms with E-state index in [1.165, 1.54) is 5.56 Å². The summed E-state index contributed by atoms with van der Waals surface area (Å²) in [5.41, 5.74) is 1.88. The fourth-order valence-corrected chi connectivity index (χ4v) is 5.46. The average molecular weight is 510 g/mol. The number of para-hydroxylation sites is 1. The molecule has 1 atom stereocenters. The molecule has 37 heavy (non-hydrogen) atoms. The van der Waals surface area contributed by atoms with Crippen LogP contribution in [0.15, 0.2) is 30.5 Å². The summed E-state index contributed by atoms with van der Waals surface area (Å²) in [4.78, 5) is 36.7. The van der Waals surface area contributed by atoms with Crippen molar-refractivity contribution in [3.05, 3.63) is 47.5 Å². The van der Waals surface area contributed by atoms with Crippen molar-refractivity contribution in [3.8, 4) is 5.75 Å². The summed E-state index contributed by atoms with van der Waals surface area (Å²) >= 11 is 0. The van der Waals surface area contributed by atoms with Gasteiger partial charge in [0.25, 0.3) is 0 Å². The Bertz CT molecular complexity index is 1030. The Labute approximate surface area is 221 Å². The van der Waals surface area contributed by atoms with E-state index in [-0.39, 0.29) is 11.8 Å². The van der Waals surface area contributed by atoms with Gasteiger partial charge in [-0.2, -0.15) is 0 Å². The first-order valence-electron chi connectivity index (χ1n) is 14.0. The Morgan fingerprint density at radius 3 is 2.76 bits per heavy atom. The van der Waals surface area contributed by atoms with Crippen LogP contribution in [0.5, 0.6) is 5.75 Å². The molecule has 2 aromatic rings. The highest BCUT2D eigenvalue weighted by molar-refractivity contribution is 5.90. The number of nitrogens with zero attached hydrogens (tertiary/aromatic N) is 2. The van der Waals surface area contributed by atoms with E-state index < -0.39 is 11.5 Å². The Hall–Kier alpha value is -2.87. The number of amides is 2. The van der Waals surface area contributed by atoms with Crippen LogP contribution in [0.2, 0.25) is 0 Å². The minimum absolute atomic E-state index is 0.0183. The molecule has 202 valence electrons. The summed E-state index contributed by atoms with van der Waals surface area (Å²) in [5.74, 6) is 1.79. The number of nitrogens with one attached hydrogen (secondary N) is 3. The molecule has 4 rings (SSSR count). The molecular formula is C29H43N5O3. The van der Waals surface area contributed by atoms with Gasteiger partial charge in [-0.15, -0.1) is 0 Å². The molecule has 1 saturated heterocycles. The molecule has 1 spiro atoms. The van der Waals surface area contributed by atoms with Gasteiger partial charge in [-0.3, -0.25) is 14.5 Å². The maximum atomic E-state index is 13.6. The van der Waals surface area contributed by atoms with Gasteiger partial charge in [0.15, 0.2) is 0 Å². The molecular weight excluding hydrogens is 466 g/mol. The van der Waals surface area contributed by atoms with Crippen LogP contribution in [0.25, 0.3) is 0 Å². The van der Waals surface area contributed by atoms with E-state index in [0.29, 0.717) is 13.2 Å². The number of likely N-dealkylation sites (tertiary alicyclic amines) is 1. The topological polar surface area (TPSA) is 99.3 Å². The molecule has 0 radical (unpaired) electrons. The van der Waals surface area contributed by atoms with Crippen molar-refractivity contribution in [1.82, 2.24) is 25.5 Å². The summed E-state index contributed by atoms with van der Waals surface area (Å²) in [6, 6.07) is 7.54. The van der Waals surface area contributed by atoms with Crippen molar-refractivity contribution in [2.75, 3.05) is 26.2 Å². The van der Waals surface area contributed by atoms with Crippen LogP contribution in [0, 0.1) is 5.41 Å². The van der Waals surface area contributed by atoms with Gasteiger partial charge < -0.3 is 20.4 Å². The minimum atomic E-state index is -0.577. The maximum absolute atomic E-state index is 13.6. The third-order valence-electron chi connectivity index (χ3n) is 7.86. The van der Waals surface area contributed by atoms with Gasteiger partial charge in [-0.25, -0.2) is 4.98 Å². The highest BCUT2D eigenvalue weighted by Crippen LogP contribution is 2.38. The fourth-order valence-electron chi connectivity index (χ4n) is 5.46. The number of hydrogen-bond acceptors (Lipinski definition) is 5. The molecule has 1 fully saturated rings. The lowest BCUT2D eigenvalue weighted by molar-refractivity contribution is -0.138. The second kappa shape index (κ2) is 13.1. The van der Waals surface area contributed by atoms with Crippen molar-refractivity contribution < 1.29 is 14.3 Å². The van der Waals surface area contributed by atoms with E-state index in [1.54, 1.807) is 6.92 Å². The first kappa shape index (κ1) is 27.2. The molecule has 0 unspecified atom stereocenters. The third-order valence-corrected chi connectivity index (χ3v) is 7.86. The molecule has 3 heterocycles. The van der Waals surface area contributed by atoms with Gasteiger partial charge in [0.05, 0.1) is 12.0 Å². The van der Waals surface area contributed by atoms with E-state index in [0.717, 1.165) is 94.7 Å². The molecule has 1 aromatic heterocycles. The normalized spacial score (nSPS) is 21.7. The van der Waals surface area contributed by atoms with E-state index in [4.69, 9.17) is 4.74 Å². The standard InChI is InChI=1S/C29H43N5O3/c1-3-4-12-26-31-20-24(33-26)21-34-17-14-29(15-18-34)13-8-7-10-23-9-5-6-11-25(23)37-19-16-30-27(35)22(2)32-28(29)36/h5-6,9,11,20,22H,3-4,7-8,10,12-19,21H2,1-2H3,(H,30,35)(H,31,33)(H,32,36)/t22-/m0/s1. The number of benzene rings is 1. The van der Waals surface area contributed by atoms with Crippen LogP contribution in [0.1, 0.15) is 75.9 Å². The number of unbranched alkanes of at least 4 members (excludes halogenated alkanes) is 1. The summed E-state index contributed by atoms with van der Waals surface area (Å²) in [6.45, 7) is 7.30. The highest BCUT2D eigenvalue weighted by Gasteiger charge is 2.41. The Kier molecular flexibility index (Phi) is 9.61. The van der Waals surface area contributed by atoms with E-state index in [1.807, 2.05) is 24.4 Å². The minimum Gasteiger partial charge on any atom is -0.491 e. The number of aromatic amines is 1. The lowest BCUT2D eigenvalue weighted by atomic mass is 9.73. The van der Waals surface area contributed by atoms with E-state index >= 15 is 0 Å². The zero-order valence-electron chi connectivity index (χ0n) is 22.5. The van der Waals surface area contributed by atoms with Gasteiger partial charge in [0, 0.05) is 24.9 Å². The number of H-pyrrole nitrogens is 1. The predicted molar refractivity (Wildman–Crippen MR) is 144 cm³/mol. The molecule has 0 saturated carbocycles. The van der Waals surface area contributed by atoms with Crippen LogP contribution in [-0.2, 0) is 29.0 Å².